The van der Waals surface area contributed by atoms with E-state index in [-0.39, 0.29) is 6.04 Å². The standard InChI is InChI=1S/C17H26N4/c1-10-8-14-18-9-13(12(3)21(14)20-10)11(2)19-15-16(4,5)17(15,6)7/h8-9,11,15,19H,1-7H3. The van der Waals surface area contributed by atoms with Gasteiger partial charge in [-0.1, -0.05) is 27.7 Å². The molecule has 114 valence electrons. The summed E-state index contributed by atoms with van der Waals surface area (Å²) < 4.78 is 1.95. The normalized spacial score (nSPS) is 21.7. The van der Waals surface area contributed by atoms with Crippen LogP contribution in [0.3, 0.4) is 0 Å². The molecule has 0 aliphatic heterocycles. The van der Waals surface area contributed by atoms with Crippen LogP contribution in [0.2, 0.25) is 0 Å². The first kappa shape index (κ1) is 14.5. The van der Waals surface area contributed by atoms with Gasteiger partial charge in [0, 0.05) is 35.6 Å². The number of hydrogen-bond donors (Lipinski definition) is 1. The zero-order valence-electron chi connectivity index (χ0n) is 14.2. The molecule has 21 heavy (non-hydrogen) atoms. The molecule has 1 unspecified atom stereocenters. The van der Waals surface area contributed by atoms with Crippen molar-refractivity contribution in [3.8, 4) is 0 Å². The van der Waals surface area contributed by atoms with Gasteiger partial charge < -0.3 is 5.32 Å². The molecule has 0 bridgehead atoms. The van der Waals surface area contributed by atoms with Gasteiger partial charge in [0.15, 0.2) is 5.65 Å². The van der Waals surface area contributed by atoms with Crippen molar-refractivity contribution in [1.29, 1.82) is 0 Å². The van der Waals surface area contributed by atoms with Crippen LogP contribution in [0.15, 0.2) is 12.3 Å². The van der Waals surface area contributed by atoms with Gasteiger partial charge in [-0.2, -0.15) is 5.10 Å². The van der Waals surface area contributed by atoms with Crippen molar-refractivity contribution in [2.45, 2.75) is 60.5 Å². The first-order valence-electron chi connectivity index (χ1n) is 7.74. The van der Waals surface area contributed by atoms with E-state index in [4.69, 9.17) is 0 Å². The van der Waals surface area contributed by atoms with E-state index >= 15 is 0 Å². The number of aromatic nitrogens is 3. The van der Waals surface area contributed by atoms with Gasteiger partial charge in [-0.3, -0.25) is 0 Å². The Morgan fingerprint density at radius 1 is 1.19 bits per heavy atom. The molecule has 1 aliphatic rings. The lowest BCUT2D eigenvalue weighted by Gasteiger charge is -2.18. The van der Waals surface area contributed by atoms with Gasteiger partial charge in [0.2, 0.25) is 0 Å². The average Bonchev–Trinajstić information content (AvgIpc) is 2.71. The number of rotatable bonds is 3. The summed E-state index contributed by atoms with van der Waals surface area (Å²) in [6.07, 6.45) is 1.99. The molecule has 1 aliphatic carbocycles. The van der Waals surface area contributed by atoms with E-state index in [2.05, 4.69) is 56.9 Å². The highest BCUT2D eigenvalue weighted by Gasteiger charge is 2.64. The van der Waals surface area contributed by atoms with Gasteiger partial charge in [-0.25, -0.2) is 9.50 Å². The van der Waals surface area contributed by atoms with Gasteiger partial charge in [-0.15, -0.1) is 0 Å². The molecule has 4 nitrogen and oxygen atoms in total. The van der Waals surface area contributed by atoms with E-state index < -0.39 is 0 Å². The summed E-state index contributed by atoms with van der Waals surface area (Å²) in [6, 6.07) is 2.83. The summed E-state index contributed by atoms with van der Waals surface area (Å²) in [5.74, 6) is 0. The third kappa shape index (κ3) is 2.00. The predicted molar refractivity (Wildman–Crippen MR) is 85.4 cm³/mol. The van der Waals surface area contributed by atoms with Crippen LogP contribution in [0.1, 0.15) is 57.6 Å². The monoisotopic (exact) mass is 286 g/mol. The van der Waals surface area contributed by atoms with Crippen molar-refractivity contribution in [3.05, 3.63) is 29.2 Å². The molecule has 1 saturated carbocycles. The van der Waals surface area contributed by atoms with Gasteiger partial charge in [0.25, 0.3) is 0 Å². The number of aryl methyl sites for hydroxylation is 2. The second-order valence-corrected chi connectivity index (χ2v) is 7.62. The summed E-state index contributed by atoms with van der Waals surface area (Å²) in [5.41, 5.74) is 5.01. The summed E-state index contributed by atoms with van der Waals surface area (Å²) in [5, 5.41) is 8.32. The summed E-state index contributed by atoms with van der Waals surface area (Å²) in [6.45, 7) is 15.7. The third-order valence-corrected chi connectivity index (χ3v) is 5.79. The molecule has 2 aromatic rings. The van der Waals surface area contributed by atoms with Crippen LogP contribution in [-0.2, 0) is 0 Å². The van der Waals surface area contributed by atoms with Crippen molar-refractivity contribution in [2.75, 3.05) is 0 Å². The Kier molecular flexibility index (Phi) is 2.97. The fourth-order valence-corrected chi connectivity index (χ4v) is 3.55. The first-order chi connectivity index (χ1) is 9.66. The fraction of sp³-hybridized carbons (Fsp3) is 0.647. The molecule has 2 heterocycles. The fourth-order valence-electron chi connectivity index (χ4n) is 3.55. The zero-order valence-corrected chi connectivity index (χ0v) is 14.2. The van der Waals surface area contributed by atoms with E-state index in [1.165, 1.54) is 11.3 Å². The van der Waals surface area contributed by atoms with Gasteiger partial charge in [0.1, 0.15) is 0 Å². The summed E-state index contributed by atoms with van der Waals surface area (Å²) in [4.78, 5) is 4.54. The van der Waals surface area contributed by atoms with E-state index in [1.54, 1.807) is 0 Å². The maximum Gasteiger partial charge on any atom is 0.155 e. The topological polar surface area (TPSA) is 42.2 Å². The van der Waals surface area contributed by atoms with Gasteiger partial charge in [-0.05, 0) is 31.6 Å². The third-order valence-electron chi connectivity index (χ3n) is 5.79. The van der Waals surface area contributed by atoms with Crippen molar-refractivity contribution < 1.29 is 0 Å². The molecule has 0 radical (unpaired) electrons. The lowest BCUT2D eigenvalue weighted by Crippen LogP contribution is -2.27. The van der Waals surface area contributed by atoms with Crippen LogP contribution in [0, 0.1) is 24.7 Å². The molecule has 0 aromatic carbocycles. The molecular weight excluding hydrogens is 260 g/mol. The minimum atomic E-state index is 0.275. The van der Waals surface area contributed by atoms with E-state index in [1.807, 2.05) is 23.7 Å². The second-order valence-electron chi connectivity index (χ2n) is 7.62. The summed E-state index contributed by atoms with van der Waals surface area (Å²) >= 11 is 0. The molecule has 0 saturated heterocycles. The lowest BCUT2D eigenvalue weighted by atomic mass is 10.0. The van der Waals surface area contributed by atoms with Gasteiger partial charge >= 0.3 is 0 Å². The SMILES string of the molecule is Cc1cc2ncc(C(C)NC3C(C)(C)C3(C)C)c(C)n2n1. The Balaban J connectivity index is 1.89. The lowest BCUT2D eigenvalue weighted by molar-refractivity contribution is 0.457. The van der Waals surface area contributed by atoms with Crippen LogP contribution in [0.4, 0.5) is 0 Å². The van der Waals surface area contributed by atoms with E-state index in [9.17, 15) is 0 Å². The number of fused-ring (bicyclic) bond motifs is 1. The highest BCUT2D eigenvalue weighted by molar-refractivity contribution is 5.42. The van der Waals surface area contributed by atoms with Crippen LogP contribution < -0.4 is 5.32 Å². The first-order valence-corrected chi connectivity index (χ1v) is 7.74. The molecule has 1 N–H and O–H groups in total. The quantitative estimate of drug-likeness (QED) is 0.940. The Hall–Kier alpha value is -1.42. The number of nitrogens with one attached hydrogen (secondary N) is 1. The Morgan fingerprint density at radius 2 is 1.81 bits per heavy atom. The van der Waals surface area contributed by atoms with Crippen molar-refractivity contribution in [1.82, 2.24) is 19.9 Å². The smallest absolute Gasteiger partial charge is 0.155 e. The largest absolute Gasteiger partial charge is 0.306 e. The average molecular weight is 286 g/mol. The van der Waals surface area contributed by atoms with Crippen LogP contribution >= 0.6 is 0 Å². The predicted octanol–water partition coefficient (Wildman–Crippen LogP) is 3.43. The zero-order chi connectivity index (χ0) is 15.6. The molecular formula is C17H26N4. The molecule has 1 atom stereocenters. The maximum absolute atomic E-state index is 4.54. The molecule has 0 amide bonds. The molecule has 0 spiro atoms. The Morgan fingerprint density at radius 3 is 2.38 bits per heavy atom. The Labute approximate surface area is 127 Å². The highest BCUT2D eigenvalue weighted by Crippen LogP contribution is 2.63. The van der Waals surface area contributed by atoms with Crippen LogP contribution in [0.5, 0.6) is 0 Å². The summed E-state index contributed by atoms with van der Waals surface area (Å²) in [7, 11) is 0. The van der Waals surface area contributed by atoms with E-state index in [0.29, 0.717) is 16.9 Å². The van der Waals surface area contributed by atoms with Crippen LogP contribution in [0.25, 0.3) is 5.65 Å². The molecule has 4 heteroatoms. The number of hydrogen-bond acceptors (Lipinski definition) is 3. The van der Waals surface area contributed by atoms with Crippen molar-refractivity contribution in [2.24, 2.45) is 10.8 Å². The number of nitrogens with zero attached hydrogens (tertiary/aromatic N) is 3. The Bertz CT molecular complexity index is 682. The maximum atomic E-state index is 4.54. The molecule has 3 rings (SSSR count). The minimum Gasteiger partial charge on any atom is -0.306 e. The van der Waals surface area contributed by atoms with Crippen molar-refractivity contribution >= 4 is 5.65 Å². The van der Waals surface area contributed by atoms with Gasteiger partial charge in [0.05, 0.1) is 5.69 Å². The van der Waals surface area contributed by atoms with E-state index in [0.717, 1.165) is 11.3 Å². The second kappa shape index (κ2) is 4.29. The highest BCUT2D eigenvalue weighted by atomic mass is 15.3. The molecule has 1 fully saturated rings. The molecule has 2 aromatic heterocycles. The minimum absolute atomic E-state index is 0.275. The van der Waals surface area contributed by atoms with Crippen molar-refractivity contribution in [3.63, 3.8) is 0 Å². The van der Waals surface area contributed by atoms with Crippen LogP contribution in [-0.4, -0.2) is 20.6 Å².